The van der Waals surface area contributed by atoms with E-state index in [1.54, 1.807) is 0 Å². The molecule has 1 fully saturated rings. The lowest BCUT2D eigenvalue weighted by Crippen LogP contribution is -2.60. The smallest absolute Gasteiger partial charge is 0.407 e. The third-order valence-electron chi connectivity index (χ3n) is 7.93. The number of carbonyl (C=O) groups is 3. The molecule has 3 aromatic carbocycles. The summed E-state index contributed by atoms with van der Waals surface area (Å²) in [7, 11) is 1.50. The number of carboxylic acids is 1. The molecule has 0 saturated carbocycles. The highest BCUT2D eigenvalue weighted by Gasteiger charge is 2.47. The van der Waals surface area contributed by atoms with Gasteiger partial charge >= 0.3 is 12.1 Å². The van der Waals surface area contributed by atoms with Crippen LogP contribution in [0.15, 0.2) is 78.9 Å². The SMILES string of the molecule is COCCC(NC(=O)OCC1c2ccccc2-c2ccccc21)C(=O)NC1(C(=O)O)CCN(Cc2ccccc2)C1. The minimum absolute atomic E-state index is 0.103. The first-order valence-electron chi connectivity index (χ1n) is 13.8. The van der Waals surface area contributed by atoms with Gasteiger partial charge in [0.2, 0.25) is 5.91 Å². The number of nitrogens with zero attached hydrogens (tertiary/aromatic N) is 1. The molecule has 1 heterocycles. The number of alkyl carbamates (subject to hydrolysis) is 1. The number of nitrogens with one attached hydrogen (secondary N) is 2. The van der Waals surface area contributed by atoms with Crippen molar-refractivity contribution in [3.8, 4) is 11.1 Å². The van der Waals surface area contributed by atoms with Gasteiger partial charge in [-0.2, -0.15) is 0 Å². The standard InChI is InChI=1S/C32H35N3O6/c1-40-18-15-28(29(36)34-32(30(37)38)16-17-35(21-32)19-22-9-3-2-4-10-22)33-31(39)41-20-27-25-13-7-5-11-23(25)24-12-6-8-14-26(24)27/h2-14,27-28H,15-21H2,1H3,(H,33,39)(H,34,36)(H,37,38). The van der Waals surface area contributed by atoms with Crippen LogP contribution in [0.3, 0.4) is 0 Å². The first-order chi connectivity index (χ1) is 19.9. The molecule has 3 aromatic rings. The highest BCUT2D eigenvalue weighted by molar-refractivity contribution is 5.91. The van der Waals surface area contributed by atoms with Crippen molar-refractivity contribution in [2.75, 3.05) is 33.4 Å². The van der Waals surface area contributed by atoms with Gasteiger partial charge in [0.1, 0.15) is 12.6 Å². The Morgan fingerprint density at radius 2 is 1.61 bits per heavy atom. The number of amides is 2. The van der Waals surface area contributed by atoms with Crippen molar-refractivity contribution in [1.82, 2.24) is 15.5 Å². The number of likely N-dealkylation sites (tertiary alicyclic amines) is 1. The Kier molecular flexibility index (Phi) is 8.66. The number of rotatable bonds is 11. The second-order valence-corrected chi connectivity index (χ2v) is 10.6. The number of methoxy groups -OCH3 is 1. The van der Waals surface area contributed by atoms with Gasteiger partial charge in [0, 0.05) is 45.7 Å². The van der Waals surface area contributed by atoms with Crippen LogP contribution in [0.25, 0.3) is 11.1 Å². The Morgan fingerprint density at radius 1 is 0.976 bits per heavy atom. The summed E-state index contributed by atoms with van der Waals surface area (Å²) in [6, 6.07) is 24.8. The number of ether oxygens (including phenoxy) is 2. The molecule has 0 bridgehead atoms. The van der Waals surface area contributed by atoms with E-state index in [9.17, 15) is 19.5 Å². The van der Waals surface area contributed by atoms with Crippen molar-refractivity contribution in [2.45, 2.75) is 36.9 Å². The van der Waals surface area contributed by atoms with Crippen molar-refractivity contribution in [3.05, 3.63) is 95.6 Å². The fourth-order valence-electron chi connectivity index (χ4n) is 5.81. The summed E-state index contributed by atoms with van der Waals surface area (Å²) >= 11 is 0. The summed E-state index contributed by atoms with van der Waals surface area (Å²) in [4.78, 5) is 40.7. The molecular formula is C32H35N3O6. The fourth-order valence-corrected chi connectivity index (χ4v) is 5.81. The maximum Gasteiger partial charge on any atom is 0.407 e. The second-order valence-electron chi connectivity index (χ2n) is 10.6. The molecule has 214 valence electrons. The molecule has 2 atom stereocenters. The van der Waals surface area contributed by atoms with Crippen molar-refractivity contribution in [1.29, 1.82) is 0 Å². The molecule has 1 saturated heterocycles. The van der Waals surface area contributed by atoms with Crippen LogP contribution in [0.5, 0.6) is 0 Å². The van der Waals surface area contributed by atoms with E-state index in [4.69, 9.17) is 9.47 Å². The zero-order valence-electron chi connectivity index (χ0n) is 23.0. The van der Waals surface area contributed by atoms with Crippen molar-refractivity contribution < 1.29 is 29.0 Å². The number of carbonyl (C=O) groups excluding carboxylic acids is 2. The molecule has 2 unspecified atom stereocenters. The Bertz CT molecular complexity index is 1350. The average Bonchev–Trinajstić information content (AvgIpc) is 3.54. The van der Waals surface area contributed by atoms with Crippen LogP contribution in [-0.2, 0) is 25.6 Å². The first kappa shape index (κ1) is 28.3. The third-order valence-corrected chi connectivity index (χ3v) is 7.93. The number of hydrogen-bond donors (Lipinski definition) is 3. The summed E-state index contributed by atoms with van der Waals surface area (Å²) in [5.74, 6) is -1.81. The van der Waals surface area contributed by atoms with E-state index in [1.807, 2.05) is 71.6 Å². The zero-order chi connectivity index (χ0) is 28.8. The molecule has 0 radical (unpaired) electrons. The number of fused-ring (bicyclic) bond motifs is 3. The normalized spacial score (nSPS) is 18.8. The molecule has 41 heavy (non-hydrogen) atoms. The molecule has 2 aliphatic rings. The monoisotopic (exact) mass is 557 g/mol. The molecule has 9 heteroatoms. The minimum atomic E-state index is -1.46. The van der Waals surface area contributed by atoms with Gasteiger partial charge in [-0.25, -0.2) is 9.59 Å². The highest BCUT2D eigenvalue weighted by atomic mass is 16.5. The lowest BCUT2D eigenvalue weighted by atomic mass is 9.97. The van der Waals surface area contributed by atoms with Crippen LogP contribution in [0.2, 0.25) is 0 Å². The first-order valence-corrected chi connectivity index (χ1v) is 13.8. The van der Waals surface area contributed by atoms with Crippen molar-refractivity contribution in [2.24, 2.45) is 0 Å². The average molecular weight is 558 g/mol. The Hall–Kier alpha value is -4.21. The Balaban J connectivity index is 1.23. The van der Waals surface area contributed by atoms with Crippen LogP contribution in [0, 0.1) is 0 Å². The predicted molar refractivity (Wildman–Crippen MR) is 153 cm³/mol. The number of carboxylic acid groups (broad SMARTS) is 1. The van der Waals surface area contributed by atoms with E-state index < -0.39 is 29.6 Å². The van der Waals surface area contributed by atoms with Gasteiger partial charge in [-0.15, -0.1) is 0 Å². The lowest BCUT2D eigenvalue weighted by Gasteiger charge is -2.29. The quantitative estimate of drug-likeness (QED) is 0.329. The van der Waals surface area contributed by atoms with E-state index in [1.165, 1.54) is 7.11 Å². The van der Waals surface area contributed by atoms with Gasteiger partial charge in [-0.05, 0) is 34.2 Å². The molecule has 5 rings (SSSR count). The van der Waals surface area contributed by atoms with Gasteiger partial charge in [0.15, 0.2) is 5.54 Å². The molecular weight excluding hydrogens is 522 g/mol. The molecule has 0 aromatic heterocycles. The molecule has 1 aliphatic heterocycles. The maximum absolute atomic E-state index is 13.4. The summed E-state index contributed by atoms with van der Waals surface area (Å²) < 4.78 is 10.8. The van der Waals surface area contributed by atoms with E-state index in [2.05, 4.69) is 22.8 Å². The zero-order valence-corrected chi connectivity index (χ0v) is 23.0. The Morgan fingerprint density at radius 3 is 2.24 bits per heavy atom. The lowest BCUT2D eigenvalue weighted by molar-refractivity contribution is -0.147. The summed E-state index contributed by atoms with van der Waals surface area (Å²) in [5, 5.41) is 15.5. The minimum Gasteiger partial charge on any atom is -0.479 e. The van der Waals surface area contributed by atoms with Crippen molar-refractivity contribution in [3.63, 3.8) is 0 Å². The van der Waals surface area contributed by atoms with Crippen LogP contribution in [0.1, 0.15) is 35.4 Å². The van der Waals surface area contributed by atoms with Gasteiger partial charge in [0.25, 0.3) is 0 Å². The van der Waals surface area contributed by atoms with Crippen LogP contribution < -0.4 is 10.6 Å². The van der Waals surface area contributed by atoms with Crippen LogP contribution in [0.4, 0.5) is 4.79 Å². The summed E-state index contributed by atoms with van der Waals surface area (Å²) in [6.07, 6.45) is -0.330. The molecule has 0 spiro atoms. The van der Waals surface area contributed by atoms with E-state index in [0.29, 0.717) is 13.1 Å². The number of aliphatic carboxylic acids is 1. The summed E-state index contributed by atoms with van der Waals surface area (Å²) in [5.41, 5.74) is 4.01. The number of benzene rings is 3. The molecule has 1 aliphatic carbocycles. The molecule has 2 amide bonds. The van der Waals surface area contributed by atoms with Crippen LogP contribution in [-0.4, -0.2) is 73.0 Å². The van der Waals surface area contributed by atoms with E-state index in [0.717, 1.165) is 27.8 Å². The van der Waals surface area contributed by atoms with Gasteiger partial charge in [-0.1, -0.05) is 78.9 Å². The van der Waals surface area contributed by atoms with Gasteiger partial charge in [0.05, 0.1) is 0 Å². The van der Waals surface area contributed by atoms with E-state index >= 15 is 0 Å². The van der Waals surface area contributed by atoms with Gasteiger partial charge in [-0.3, -0.25) is 9.69 Å². The molecule has 3 N–H and O–H groups in total. The fraction of sp³-hybridized carbons (Fsp3) is 0.344. The topological polar surface area (TPSA) is 117 Å². The van der Waals surface area contributed by atoms with Crippen molar-refractivity contribution >= 4 is 18.0 Å². The third kappa shape index (κ3) is 6.26. The second kappa shape index (κ2) is 12.5. The highest BCUT2D eigenvalue weighted by Crippen LogP contribution is 2.44. The van der Waals surface area contributed by atoms with Gasteiger partial charge < -0.3 is 25.2 Å². The predicted octanol–water partition coefficient (Wildman–Crippen LogP) is 3.78. The molecule has 9 nitrogen and oxygen atoms in total. The largest absolute Gasteiger partial charge is 0.479 e. The Labute approximate surface area is 239 Å². The van der Waals surface area contributed by atoms with E-state index in [-0.39, 0.29) is 38.5 Å². The maximum atomic E-state index is 13.4. The van der Waals surface area contributed by atoms with Crippen LogP contribution >= 0.6 is 0 Å². The number of hydrogen-bond acceptors (Lipinski definition) is 6. The summed E-state index contributed by atoms with van der Waals surface area (Å²) in [6.45, 7) is 1.56.